The zero-order chi connectivity index (χ0) is 54.9. The number of para-hydroxylation sites is 6. The fourth-order valence-corrected chi connectivity index (χ4v) is 15.6. The summed E-state index contributed by atoms with van der Waals surface area (Å²) in [6.45, 7) is 18.6. The molecule has 0 unspecified atom stereocenters. The predicted octanol–water partition coefficient (Wildman–Crippen LogP) is 15.5. The minimum absolute atomic E-state index is 0.00264. The average Bonchev–Trinajstić information content (AvgIpc) is 3.98. The van der Waals surface area contributed by atoms with Crippen LogP contribution >= 0.6 is 11.3 Å². The third-order valence-electron chi connectivity index (χ3n) is 17.4. The van der Waals surface area contributed by atoms with Crippen LogP contribution in [0.2, 0.25) is 0 Å². The Morgan fingerprint density at radius 2 is 0.667 bits per heavy atom. The summed E-state index contributed by atoms with van der Waals surface area (Å²) in [5, 5.41) is 2.61. The van der Waals surface area contributed by atoms with Crippen molar-refractivity contribution in [3.8, 4) is 0 Å². The van der Waals surface area contributed by atoms with Gasteiger partial charge in [0.1, 0.15) is 0 Å². The van der Waals surface area contributed by atoms with Gasteiger partial charge in [-0.3, -0.25) is 0 Å². The summed E-state index contributed by atoms with van der Waals surface area (Å²) < 4.78 is 2.56. The van der Waals surface area contributed by atoms with Gasteiger partial charge in [0.2, 0.25) is 0 Å². The van der Waals surface area contributed by atoms with Gasteiger partial charge in [0, 0.05) is 113 Å². The van der Waals surface area contributed by atoms with Crippen molar-refractivity contribution < 1.29 is 0 Å². The molecule has 0 bridgehead atoms. The summed E-state index contributed by atoms with van der Waals surface area (Å²) in [6.07, 6.45) is 0. The van der Waals surface area contributed by atoms with E-state index < -0.39 is 0 Å². The molecule has 0 atom stereocenters. The molecule has 0 spiro atoms. The molecule has 11 aromatic rings. The van der Waals surface area contributed by atoms with E-state index in [0.29, 0.717) is 0 Å². The van der Waals surface area contributed by atoms with Gasteiger partial charge in [-0.05, 0) is 196 Å². The number of hydrogen-bond acceptors (Lipinski definition) is 7. The first-order valence-corrected chi connectivity index (χ1v) is 29.9. The SMILES string of the molecule is CC(C)N(c1ccccc1)c1cc2c3c(c1)N(C(C)C)c1ccccc1B3c1cc3c(cc1N2c1ccccc1)sc1cc2c(cc13)B1c3ccccc3N(C(C)C)c3cc(N(c4ccccc4)C(C)C)cc(c31)N2c1ccccc1. The lowest BCUT2D eigenvalue weighted by molar-refractivity contribution is 0.780. The van der Waals surface area contributed by atoms with E-state index in [2.05, 4.69) is 303 Å². The lowest BCUT2D eigenvalue weighted by Crippen LogP contribution is -2.62. The normalized spacial score (nSPS) is 13.7. The maximum atomic E-state index is 2.61. The highest BCUT2D eigenvalue weighted by atomic mass is 32.1. The third kappa shape index (κ3) is 7.54. The fraction of sp³-hybridized carbons (Fsp3) is 0.167. The van der Waals surface area contributed by atoms with E-state index in [9.17, 15) is 0 Å². The number of rotatable bonds is 10. The van der Waals surface area contributed by atoms with Gasteiger partial charge in [0.15, 0.2) is 0 Å². The van der Waals surface area contributed by atoms with E-state index in [0.717, 1.165) is 11.4 Å². The number of hydrogen-bond donors (Lipinski definition) is 0. The second-order valence-electron chi connectivity index (χ2n) is 23.6. The minimum atomic E-state index is -0.00264. The Kier molecular flexibility index (Phi) is 11.6. The van der Waals surface area contributed by atoms with Crippen LogP contribution < -0.4 is 62.2 Å². The van der Waals surface area contributed by atoms with E-state index in [4.69, 9.17) is 0 Å². The molecule has 0 saturated carbocycles. The molecule has 4 aliphatic rings. The van der Waals surface area contributed by atoms with Gasteiger partial charge >= 0.3 is 0 Å². The highest BCUT2D eigenvalue weighted by Crippen LogP contribution is 2.50. The van der Waals surface area contributed by atoms with Crippen LogP contribution in [0.4, 0.5) is 79.6 Å². The van der Waals surface area contributed by atoms with Crippen LogP contribution in [0.25, 0.3) is 20.2 Å². The zero-order valence-electron chi connectivity index (χ0n) is 47.3. The summed E-state index contributed by atoms with van der Waals surface area (Å²) in [7, 11) is 0. The van der Waals surface area contributed by atoms with Gasteiger partial charge in [0.25, 0.3) is 13.4 Å². The van der Waals surface area contributed by atoms with Gasteiger partial charge in [-0.15, -0.1) is 11.3 Å². The summed E-state index contributed by atoms with van der Waals surface area (Å²) in [5.41, 5.74) is 25.1. The first-order chi connectivity index (χ1) is 39.5. The number of nitrogens with zero attached hydrogens (tertiary/aromatic N) is 6. The van der Waals surface area contributed by atoms with Gasteiger partial charge in [-0.2, -0.15) is 0 Å². The average molecular weight is 1070 g/mol. The topological polar surface area (TPSA) is 19.4 Å². The van der Waals surface area contributed by atoms with Crippen molar-refractivity contribution in [3.05, 3.63) is 218 Å². The number of fused-ring (bicyclic) bond motifs is 11. The molecule has 10 aromatic carbocycles. The lowest BCUT2D eigenvalue weighted by Gasteiger charge is -2.46. The first kappa shape index (κ1) is 49.4. The molecule has 0 saturated heterocycles. The van der Waals surface area contributed by atoms with Crippen molar-refractivity contribution >= 4 is 157 Å². The van der Waals surface area contributed by atoms with E-state index in [-0.39, 0.29) is 37.6 Å². The second-order valence-corrected chi connectivity index (χ2v) is 24.6. The Balaban J connectivity index is 1.01. The molecule has 9 heteroatoms. The molecule has 6 nitrogen and oxygen atoms in total. The molecule has 0 radical (unpaired) electrons. The Bertz CT molecular complexity index is 3990. The van der Waals surface area contributed by atoms with Gasteiger partial charge in [-0.25, -0.2) is 0 Å². The van der Waals surface area contributed by atoms with E-state index in [1.807, 2.05) is 11.3 Å². The smallest absolute Gasteiger partial charge is 0.252 e. The van der Waals surface area contributed by atoms with Crippen LogP contribution in [0.15, 0.2) is 218 Å². The Hall–Kier alpha value is -8.65. The Morgan fingerprint density at radius 1 is 0.321 bits per heavy atom. The lowest BCUT2D eigenvalue weighted by atomic mass is 9.33. The largest absolute Gasteiger partial charge is 0.340 e. The van der Waals surface area contributed by atoms with E-state index >= 15 is 0 Å². The summed E-state index contributed by atoms with van der Waals surface area (Å²) in [6, 6.07) is 83.6. The second kappa shape index (κ2) is 19.0. The third-order valence-corrected chi connectivity index (χ3v) is 18.5. The monoisotopic (exact) mass is 1070 g/mol. The quantitative estimate of drug-likeness (QED) is 0.126. The molecule has 394 valence electrons. The van der Waals surface area contributed by atoms with Crippen molar-refractivity contribution in [2.24, 2.45) is 0 Å². The summed E-state index contributed by atoms with van der Waals surface area (Å²) in [4.78, 5) is 15.4. The van der Waals surface area contributed by atoms with Crippen LogP contribution in [-0.2, 0) is 0 Å². The standard InChI is InChI=1S/C72H64B2N6S/c1-45(2)75(49-25-13-9-14-26-49)53-37-65-71-67(39-53)79(51-29-17-11-18-30-51)63-43-69-55(41-59(63)73(71)57-33-21-23-35-61(57)77(65)47(5)6)56-42-60-64(44-70(56)81-69)80(52-31-19-12-20-32-52)68-40-54(76(46(3)4)50-27-15-10-16-28-50)38-66-72(68)74(60)58-34-22-24-36-62(58)78(66)48(7)8/h9-48H,1-8H3. The molecule has 15 rings (SSSR count). The summed E-state index contributed by atoms with van der Waals surface area (Å²) in [5.74, 6) is 0. The van der Waals surface area contributed by atoms with Crippen LogP contribution in [0.3, 0.4) is 0 Å². The molecule has 5 heterocycles. The maximum absolute atomic E-state index is 2.61. The van der Waals surface area contributed by atoms with Crippen LogP contribution in [0, 0.1) is 0 Å². The number of benzene rings is 10. The maximum Gasteiger partial charge on any atom is 0.252 e. The molecule has 0 amide bonds. The minimum Gasteiger partial charge on any atom is -0.340 e. The highest BCUT2D eigenvalue weighted by Gasteiger charge is 2.47. The first-order valence-electron chi connectivity index (χ1n) is 29.1. The van der Waals surface area contributed by atoms with Gasteiger partial charge < -0.3 is 29.4 Å². The molecular formula is C72H64B2N6S. The molecule has 0 N–H and O–H groups in total. The molecular weight excluding hydrogens is 1000 g/mol. The Morgan fingerprint density at radius 3 is 1.04 bits per heavy atom. The van der Waals surface area contributed by atoms with Crippen LogP contribution in [-0.4, -0.2) is 37.6 Å². The number of anilines is 14. The molecule has 1 aromatic heterocycles. The Labute approximate surface area is 481 Å². The number of thiophene rings is 1. The zero-order valence-corrected chi connectivity index (χ0v) is 48.2. The van der Waals surface area contributed by atoms with Crippen molar-refractivity contribution in [1.82, 2.24) is 0 Å². The van der Waals surface area contributed by atoms with Crippen molar-refractivity contribution in [2.45, 2.75) is 79.6 Å². The van der Waals surface area contributed by atoms with E-state index in [1.54, 1.807) is 0 Å². The van der Waals surface area contributed by atoms with Gasteiger partial charge in [0.05, 0.1) is 0 Å². The van der Waals surface area contributed by atoms with Crippen LogP contribution in [0.5, 0.6) is 0 Å². The van der Waals surface area contributed by atoms with Crippen molar-refractivity contribution in [2.75, 3.05) is 29.4 Å². The predicted molar refractivity (Wildman–Crippen MR) is 353 cm³/mol. The summed E-state index contributed by atoms with van der Waals surface area (Å²) >= 11 is 1.93. The van der Waals surface area contributed by atoms with Crippen LogP contribution in [0.1, 0.15) is 55.4 Å². The fourth-order valence-electron chi connectivity index (χ4n) is 14.5. The van der Waals surface area contributed by atoms with E-state index in [1.165, 1.54) is 121 Å². The molecule has 81 heavy (non-hydrogen) atoms. The molecule has 4 aliphatic heterocycles. The van der Waals surface area contributed by atoms with Crippen molar-refractivity contribution in [1.29, 1.82) is 0 Å². The van der Waals surface area contributed by atoms with Crippen molar-refractivity contribution in [3.63, 3.8) is 0 Å². The molecule has 0 aliphatic carbocycles. The molecule has 0 fully saturated rings. The highest BCUT2D eigenvalue weighted by molar-refractivity contribution is 7.26. The van der Waals surface area contributed by atoms with Gasteiger partial charge in [-0.1, -0.05) is 121 Å².